The van der Waals surface area contributed by atoms with E-state index in [0.717, 1.165) is 70.0 Å². The average Bonchev–Trinajstić information content (AvgIpc) is 3.52. The number of carbonyl (C=O) groups is 1. The molecule has 35 heavy (non-hydrogen) atoms. The van der Waals surface area contributed by atoms with Gasteiger partial charge in [-0.15, -0.1) is 0 Å². The van der Waals surface area contributed by atoms with Gasteiger partial charge in [-0.1, -0.05) is 26.8 Å². The molecular formula is C29H45N3O3. The van der Waals surface area contributed by atoms with E-state index < -0.39 is 5.60 Å². The van der Waals surface area contributed by atoms with Crippen molar-refractivity contribution in [3.8, 4) is 0 Å². The summed E-state index contributed by atoms with van der Waals surface area (Å²) in [4.78, 5) is 19.1. The summed E-state index contributed by atoms with van der Waals surface area (Å²) in [5.41, 5.74) is 3.47. The predicted molar refractivity (Wildman–Crippen MR) is 141 cm³/mol. The first kappa shape index (κ1) is 26.0. The number of rotatable bonds is 8. The van der Waals surface area contributed by atoms with Crippen molar-refractivity contribution in [2.24, 2.45) is 17.3 Å². The smallest absolute Gasteiger partial charge is 0.410 e. The fourth-order valence-electron chi connectivity index (χ4n) is 4.80. The lowest BCUT2D eigenvalue weighted by Crippen LogP contribution is -2.42. The zero-order valence-electron chi connectivity index (χ0n) is 22.7. The number of aromatic nitrogens is 2. The number of amides is 1. The Bertz CT molecular complexity index is 1000. The molecule has 0 radical (unpaired) electrons. The van der Waals surface area contributed by atoms with Crippen LogP contribution in [0.4, 0.5) is 4.79 Å². The summed E-state index contributed by atoms with van der Waals surface area (Å²) in [6.07, 6.45) is 6.35. The molecule has 0 unspecified atom stereocenters. The molecule has 1 aromatic carbocycles. The van der Waals surface area contributed by atoms with Gasteiger partial charge in [0.25, 0.3) is 0 Å². The second kappa shape index (κ2) is 10.5. The highest BCUT2D eigenvalue weighted by molar-refractivity contribution is 5.77. The Morgan fingerprint density at radius 1 is 1.03 bits per heavy atom. The van der Waals surface area contributed by atoms with Crippen molar-refractivity contribution in [3.63, 3.8) is 0 Å². The lowest BCUT2D eigenvalue weighted by atomic mass is 9.92. The van der Waals surface area contributed by atoms with Crippen LogP contribution < -0.4 is 0 Å². The van der Waals surface area contributed by atoms with E-state index in [1.165, 1.54) is 29.7 Å². The summed E-state index contributed by atoms with van der Waals surface area (Å²) in [5, 5.41) is 0. The maximum absolute atomic E-state index is 12.2. The van der Waals surface area contributed by atoms with Crippen molar-refractivity contribution >= 4 is 17.1 Å². The fourth-order valence-corrected chi connectivity index (χ4v) is 4.80. The van der Waals surface area contributed by atoms with Crippen LogP contribution >= 0.6 is 0 Å². The third kappa shape index (κ3) is 7.70. The number of imidazole rings is 1. The van der Waals surface area contributed by atoms with Crippen molar-refractivity contribution in [1.82, 2.24) is 14.5 Å². The molecule has 1 saturated heterocycles. The first-order valence-electron chi connectivity index (χ1n) is 13.5. The summed E-state index contributed by atoms with van der Waals surface area (Å²) in [6.45, 7) is 16.7. The maximum Gasteiger partial charge on any atom is 0.410 e. The van der Waals surface area contributed by atoms with Gasteiger partial charge < -0.3 is 18.9 Å². The van der Waals surface area contributed by atoms with E-state index in [4.69, 9.17) is 14.5 Å². The van der Waals surface area contributed by atoms with Gasteiger partial charge in [-0.2, -0.15) is 0 Å². The number of hydrogen-bond donors (Lipinski definition) is 0. The Kier molecular flexibility index (Phi) is 7.80. The Morgan fingerprint density at radius 2 is 1.74 bits per heavy atom. The fraction of sp³-hybridized carbons (Fsp3) is 0.724. The minimum atomic E-state index is -0.441. The number of fused-ring (bicyclic) bond motifs is 1. The van der Waals surface area contributed by atoms with E-state index in [1.807, 2.05) is 25.7 Å². The van der Waals surface area contributed by atoms with Crippen LogP contribution in [0.3, 0.4) is 0 Å². The SMILES string of the molecule is CC(C)(C)Cc1nc2cc(CCOCC3CCN(C(=O)OC(C)(C)C)CC3)ccc2n1CC1CC1. The van der Waals surface area contributed by atoms with Crippen molar-refractivity contribution < 1.29 is 14.3 Å². The van der Waals surface area contributed by atoms with Gasteiger partial charge in [-0.3, -0.25) is 0 Å². The number of piperidine rings is 1. The first-order valence-corrected chi connectivity index (χ1v) is 13.5. The molecule has 2 aliphatic rings. The molecule has 0 bridgehead atoms. The Balaban J connectivity index is 1.26. The van der Waals surface area contributed by atoms with Crippen molar-refractivity contribution in [3.05, 3.63) is 29.6 Å². The number of hydrogen-bond acceptors (Lipinski definition) is 4. The van der Waals surface area contributed by atoms with Crippen LogP contribution in [0, 0.1) is 17.3 Å². The van der Waals surface area contributed by atoms with Gasteiger partial charge in [-0.25, -0.2) is 9.78 Å². The Hall–Kier alpha value is -2.08. The van der Waals surface area contributed by atoms with Gasteiger partial charge in [0.05, 0.1) is 17.6 Å². The van der Waals surface area contributed by atoms with Crippen LogP contribution in [0.1, 0.15) is 78.6 Å². The van der Waals surface area contributed by atoms with Gasteiger partial charge in [0.1, 0.15) is 11.4 Å². The highest BCUT2D eigenvalue weighted by Crippen LogP contribution is 2.34. The lowest BCUT2D eigenvalue weighted by Gasteiger charge is -2.33. The second-order valence-electron chi connectivity index (χ2n) is 12.9. The average molecular weight is 484 g/mol. The zero-order chi connectivity index (χ0) is 25.2. The molecule has 6 heteroatoms. The molecule has 2 heterocycles. The van der Waals surface area contributed by atoms with E-state index in [0.29, 0.717) is 5.92 Å². The zero-order valence-corrected chi connectivity index (χ0v) is 22.7. The van der Waals surface area contributed by atoms with Gasteiger partial charge in [0, 0.05) is 32.7 Å². The van der Waals surface area contributed by atoms with Crippen LogP contribution in [0.25, 0.3) is 11.0 Å². The summed E-state index contributed by atoms with van der Waals surface area (Å²) < 4.78 is 14.0. The van der Waals surface area contributed by atoms with E-state index in [1.54, 1.807) is 0 Å². The monoisotopic (exact) mass is 483 g/mol. The van der Waals surface area contributed by atoms with Crippen LogP contribution in [0.15, 0.2) is 18.2 Å². The highest BCUT2D eigenvalue weighted by atomic mass is 16.6. The number of nitrogens with zero attached hydrogens (tertiary/aromatic N) is 3. The lowest BCUT2D eigenvalue weighted by molar-refractivity contribution is 0.0119. The quantitative estimate of drug-likeness (QED) is 0.417. The Morgan fingerprint density at radius 3 is 2.37 bits per heavy atom. The minimum Gasteiger partial charge on any atom is -0.444 e. The molecule has 1 saturated carbocycles. The molecule has 194 valence electrons. The molecule has 0 atom stereocenters. The number of ether oxygens (including phenoxy) is 2. The molecule has 0 N–H and O–H groups in total. The molecule has 1 aliphatic carbocycles. The Labute approximate surface area is 211 Å². The van der Waals surface area contributed by atoms with Gasteiger partial charge >= 0.3 is 6.09 Å². The minimum absolute atomic E-state index is 0.197. The van der Waals surface area contributed by atoms with E-state index in [2.05, 4.69) is 43.5 Å². The number of carbonyl (C=O) groups excluding carboxylic acids is 1. The van der Waals surface area contributed by atoms with Gasteiger partial charge in [0.15, 0.2) is 0 Å². The van der Waals surface area contributed by atoms with Crippen LogP contribution in [0.2, 0.25) is 0 Å². The highest BCUT2D eigenvalue weighted by Gasteiger charge is 2.27. The third-order valence-corrected chi connectivity index (χ3v) is 6.87. The summed E-state index contributed by atoms with van der Waals surface area (Å²) in [7, 11) is 0. The maximum atomic E-state index is 12.2. The van der Waals surface area contributed by atoms with E-state index in [9.17, 15) is 4.79 Å². The van der Waals surface area contributed by atoms with E-state index in [-0.39, 0.29) is 11.5 Å². The molecule has 2 fully saturated rings. The van der Waals surface area contributed by atoms with Crippen molar-refractivity contribution in [2.45, 2.75) is 92.2 Å². The van der Waals surface area contributed by atoms with Crippen LogP contribution in [0.5, 0.6) is 0 Å². The number of likely N-dealkylation sites (tertiary alicyclic amines) is 1. The summed E-state index contributed by atoms with van der Waals surface area (Å²) in [5.74, 6) is 2.56. The molecule has 6 nitrogen and oxygen atoms in total. The number of benzene rings is 1. The normalized spacial score (nSPS) is 17.8. The molecule has 2 aromatic rings. The van der Waals surface area contributed by atoms with Crippen LogP contribution in [-0.2, 0) is 28.9 Å². The van der Waals surface area contributed by atoms with Gasteiger partial charge in [-0.05, 0) is 87.8 Å². The standard InChI is InChI=1S/C29H45N3O3/c1-28(2,3)18-26-30-24-17-21(9-10-25(24)32(26)19-22-7-8-22)13-16-34-20-23-11-14-31(15-12-23)27(33)35-29(4,5)6/h9-10,17,22-23H,7-8,11-16,18-20H2,1-6H3. The predicted octanol–water partition coefficient (Wildman–Crippen LogP) is 6.24. The van der Waals surface area contributed by atoms with Crippen molar-refractivity contribution in [2.75, 3.05) is 26.3 Å². The first-order chi connectivity index (χ1) is 16.5. The molecule has 1 aliphatic heterocycles. The molecule has 0 spiro atoms. The summed E-state index contributed by atoms with van der Waals surface area (Å²) in [6, 6.07) is 6.77. The molecule has 1 aromatic heterocycles. The molecule has 4 rings (SSSR count). The van der Waals surface area contributed by atoms with Crippen molar-refractivity contribution in [1.29, 1.82) is 0 Å². The topological polar surface area (TPSA) is 56.6 Å². The summed E-state index contributed by atoms with van der Waals surface area (Å²) >= 11 is 0. The van der Waals surface area contributed by atoms with Crippen LogP contribution in [-0.4, -0.2) is 52.4 Å². The van der Waals surface area contributed by atoms with E-state index >= 15 is 0 Å². The second-order valence-corrected chi connectivity index (χ2v) is 12.9. The largest absolute Gasteiger partial charge is 0.444 e. The molecule has 1 amide bonds. The third-order valence-electron chi connectivity index (χ3n) is 6.87. The van der Waals surface area contributed by atoms with Gasteiger partial charge in [0.2, 0.25) is 0 Å². The molecular weight excluding hydrogens is 438 g/mol.